The Labute approximate surface area is 165 Å². The highest BCUT2D eigenvalue weighted by molar-refractivity contribution is 5.82. The van der Waals surface area contributed by atoms with Crippen molar-refractivity contribution in [3.8, 4) is 0 Å². The molecule has 0 N–H and O–H groups in total. The SMILES string of the molecule is CC(C)CC(=O)[C@H]1CC[C@H]2[C@@H]3CC[C@H]4N(C)C(=O)CC[C@]4(C)[C@H]3CC[C@]12C. The van der Waals surface area contributed by atoms with Gasteiger partial charge in [-0.25, -0.2) is 0 Å². The molecule has 3 saturated carbocycles. The molecule has 4 fully saturated rings. The molecule has 4 rings (SSSR count). The standard InChI is InChI=1S/C24H39NO2/c1-15(2)14-20(26)19-8-7-17-16-6-9-21-24(4,13-11-22(27)25(21)5)18(16)10-12-23(17,19)3/h15-19,21H,6-14H2,1-5H3/t16-,17-,18-,19+,21+,23-,24+/m0/s1. The Hall–Kier alpha value is -0.860. The third-order valence-corrected chi connectivity index (χ3v) is 9.56. The maximum Gasteiger partial charge on any atom is 0.222 e. The van der Waals surface area contributed by atoms with E-state index in [1.54, 1.807) is 0 Å². The molecular weight excluding hydrogens is 334 g/mol. The van der Waals surface area contributed by atoms with Crippen LogP contribution in [-0.2, 0) is 9.59 Å². The van der Waals surface area contributed by atoms with Crippen LogP contribution >= 0.6 is 0 Å². The van der Waals surface area contributed by atoms with E-state index in [0.717, 1.165) is 49.9 Å². The predicted octanol–water partition coefficient (Wildman–Crippen LogP) is 5.08. The molecule has 7 atom stereocenters. The van der Waals surface area contributed by atoms with Crippen molar-refractivity contribution in [2.45, 2.75) is 91.5 Å². The van der Waals surface area contributed by atoms with Gasteiger partial charge >= 0.3 is 0 Å². The number of piperidine rings is 1. The number of carbonyl (C=O) groups is 2. The molecule has 0 aromatic heterocycles. The van der Waals surface area contributed by atoms with E-state index in [2.05, 4.69) is 32.6 Å². The summed E-state index contributed by atoms with van der Waals surface area (Å²) in [5, 5.41) is 0. The van der Waals surface area contributed by atoms with E-state index >= 15 is 0 Å². The van der Waals surface area contributed by atoms with Gasteiger partial charge in [-0.3, -0.25) is 9.59 Å². The third-order valence-electron chi connectivity index (χ3n) is 9.56. The van der Waals surface area contributed by atoms with Gasteiger partial charge in [0.05, 0.1) is 0 Å². The van der Waals surface area contributed by atoms with Crippen LogP contribution in [0.4, 0.5) is 0 Å². The number of hydrogen-bond acceptors (Lipinski definition) is 2. The number of hydrogen-bond donors (Lipinski definition) is 0. The van der Waals surface area contributed by atoms with Crippen LogP contribution in [0, 0.1) is 40.4 Å². The molecule has 0 radical (unpaired) electrons. The Morgan fingerprint density at radius 1 is 1.04 bits per heavy atom. The average Bonchev–Trinajstić information content (AvgIpc) is 2.95. The highest BCUT2D eigenvalue weighted by atomic mass is 16.2. The Morgan fingerprint density at radius 2 is 1.74 bits per heavy atom. The first-order valence-corrected chi connectivity index (χ1v) is 11.5. The maximum atomic E-state index is 13.0. The summed E-state index contributed by atoms with van der Waals surface area (Å²) in [6.45, 7) is 9.28. The fourth-order valence-electron chi connectivity index (χ4n) is 8.22. The summed E-state index contributed by atoms with van der Waals surface area (Å²) >= 11 is 0. The highest BCUT2D eigenvalue weighted by Crippen LogP contribution is 2.66. The van der Waals surface area contributed by atoms with Crippen molar-refractivity contribution in [2.75, 3.05) is 7.05 Å². The summed E-state index contributed by atoms with van der Waals surface area (Å²) in [4.78, 5) is 27.4. The van der Waals surface area contributed by atoms with E-state index in [1.807, 2.05) is 7.05 Å². The molecule has 0 aromatic carbocycles. The van der Waals surface area contributed by atoms with Crippen molar-refractivity contribution in [3.63, 3.8) is 0 Å². The monoisotopic (exact) mass is 373 g/mol. The van der Waals surface area contributed by atoms with Crippen LogP contribution in [0.25, 0.3) is 0 Å². The second kappa shape index (κ2) is 6.59. The van der Waals surface area contributed by atoms with Gasteiger partial charge in [0.25, 0.3) is 0 Å². The van der Waals surface area contributed by atoms with Crippen molar-refractivity contribution >= 4 is 11.7 Å². The lowest BCUT2D eigenvalue weighted by Gasteiger charge is -2.61. The molecule has 4 aliphatic rings. The molecule has 0 unspecified atom stereocenters. The number of likely N-dealkylation sites (tertiary alicyclic amines) is 1. The molecule has 0 spiro atoms. The zero-order chi connectivity index (χ0) is 19.6. The summed E-state index contributed by atoms with van der Waals surface area (Å²) in [5.74, 6) is 3.88. The van der Waals surface area contributed by atoms with Crippen molar-refractivity contribution in [1.29, 1.82) is 0 Å². The maximum absolute atomic E-state index is 13.0. The normalized spacial score (nSPS) is 46.8. The minimum absolute atomic E-state index is 0.229. The molecule has 3 nitrogen and oxygen atoms in total. The van der Waals surface area contributed by atoms with Gasteiger partial charge < -0.3 is 4.90 Å². The van der Waals surface area contributed by atoms with Crippen LogP contribution in [0.5, 0.6) is 0 Å². The van der Waals surface area contributed by atoms with Crippen molar-refractivity contribution < 1.29 is 9.59 Å². The smallest absolute Gasteiger partial charge is 0.222 e. The molecule has 0 aromatic rings. The molecular formula is C24H39NO2. The minimum Gasteiger partial charge on any atom is -0.342 e. The Bertz CT molecular complexity index is 628. The van der Waals surface area contributed by atoms with Gasteiger partial charge in [0.2, 0.25) is 5.91 Å². The molecule has 1 saturated heterocycles. The number of amides is 1. The Morgan fingerprint density at radius 3 is 2.44 bits per heavy atom. The van der Waals surface area contributed by atoms with Gasteiger partial charge in [-0.1, -0.05) is 27.7 Å². The van der Waals surface area contributed by atoms with Crippen molar-refractivity contribution in [3.05, 3.63) is 0 Å². The van der Waals surface area contributed by atoms with E-state index in [4.69, 9.17) is 0 Å². The fraction of sp³-hybridized carbons (Fsp3) is 0.917. The van der Waals surface area contributed by atoms with E-state index in [9.17, 15) is 9.59 Å². The fourth-order valence-corrected chi connectivity index (χ4v) is 8.22. The molecule has 1 amide bonds. The Balaban J connectivity index is 1.58. The van der Waals surface area contributed by atoms with Crippen LogP contribution in [0.1, 0.15) is 85.5 Å². The van der Waals surface area contributed by atoms with E-state index in [1.165, 1.54) is 25.7 Å². The zero-order valence-electron chi connectivity index (χ0n) is 18.1. The van der Waals surface area contributed by atoms with E-state index in [0.29, 0.717) is 29.6 Å². The number of ketones is 1. The summed E-state index contributed by atoms with van der Waals surface area (Å²) < 4.78 is 0. The first-order valence-electron chi connectivity index (χ1n) is 11.5. The lowest BCUT2D eigenvalue weighted by Crippen LogP contribution is -2.61. The third kappa shape index (κ3) is 2.82. The molecule has 3 aliphatic carbocycles. The van der Waals surface area contributed by atoms with Crippen LogP contribution in [0.3, 0.4) is 0 Å². The van der Waals surface area contributed by atoms with Gasteiger partial charge in [-0.15, -0.1) is 0 Å². The summed E-state index contributed by atoms with van der Waals surface area (Å²) in [6, 6.07) is 0.434. The molecule has 3 heteroatoms. The van der Waals surface area contributed by atoms with Gasteiger partial charge in [0.1, 0.15) is 5.78 Å². The summed E-state index contributed by atoms with van der Waals surface area (Å²) in [6.07, 6.45) is 9.83. The Kier molecular flexibility index (Phi) is 4.75. The topological polar surface area (TPSA) is 37.4 Å². The lowest BCUT2D eigenvalue weighted by molar-refractivity contribution is -0.159. The number of fused-ring (bicyclic) bond motifs is 5. The average molecular weight is 374 g/mol. The number of nitrogens with zero attached hydrogens (tertiary/aromatic N) is 1. The predicted molar refractivity (Wildman–Crippen MR) is 108 cm³/mol. The molecule has 152 valence electrons. The second-order valence-corrected chi connectivity index (χ2v) is 11.2. The largest absolute Gasteiger partial charge is 0.342 e. The first kappa shape index (κ1) is 19.5. The first-order chi connectivity index (χ1) is 12.7. The molecule has 0 bridgehead atoms. The highest BCUT2D eigenvalue weighted by Gasteiger charge is 2.61. The van der Waals surface area contributed by atoms with Crippen molar-refractivity contribution in [1.82, 2.24) is 4.90 Å². The zero-order valence-corrected chi connectivity index (χ0v) is 18.1. The molecule has 1 heterocycles. The van der Waals surface area contributed by atoms with Gasteiger partial charge in [0.15, 0.2) is 0 Å². The van der Waals surface area contributed by atoms with E-state index < -0.39 is 0 Å². The second-order valence-electron chi connectivity index (χ2n) is 11.2. The summed E-state index contributed by atoms with van der Waals surface area (Å²) in [5.41, 5.74) is 0.514. The number of carbonyl (C=O) groups excluding carboxylic acids is 2. The van der Waals surface area contributed by atoms with Gasteiger partial charge in [-0.05, 0) is 79.4 Å². The lowest BCUT2D eigenvalue weighted by atomic mass is 9.46. The molecule has 27 heavy (non-hydrogen) atoms. The minimum atomic E-state index is 0.229. The van der Waals surface area contributed by atoms with Crippen molar-refractivity contribution in [2.24, 2.45) is 40.4 Å². The molecule has 1 aliphatic heterocycles. The van der Waals surface area contributed by atoms with Crippen LogP contribution in [0.15, 0.2) is 0 Å². The van der Waals surface area contributed by atoms with Gasteiger partial charge in [-0.2, -0.15) is 0 Å². The summed E-state index contributed by atoms with van der Waals surface area (Å²) in [7, 11) is 2.04. The quantitative estimate of drug-likeness (QED) is 0.692. The van der Waals surface area contributed by atoms with Gasteiger partial charge in [0, 0.05) is 31.8 Å². The number of rotatable bonds is 3. The number of Topliss-reactive ketones (excluding diaryl/α,β-unsaturated/α-hetero) is 1. The van der Waals surface area contributed by atoms with E-state index in [-0.39, 0.29) is 10.8 Å². The van der Waals surface area contributed by atoms with Crippen LogP contribution < -0.4 is 0 Å². The van der Waals surface area contributed by atoms with Crippen LogP contribution in [-0.4, -0.2) is 29.7 Å². The van der Waals surface area contributed by atoms with Crippen LogP contribution in [0.2, 0.25) is 0 Å².